The van der Waals surface area contributed by atoms with Gasteiger partial charge in [0.15, 0.2) is 11.0 Å². The van der Waals surface area contributed by atoms with E-state index in [9.17, 15) is 0 Å². The smallest absolute Gasteiger partial charge is 0.192 e. The van der Waals surface area contributed by atoms with Gasteiger partial charge in [-0.15, -0.1) is 21.5 Å². The number of hydrogen-bond donors (Lipinski definition) is 0. The van der Waals surface area contributed by atoms with Gasteiger partial charge in [-0.1, -0.05) is 54.9 Å². The molecule has 1 aromatic carbocycles. The topological polar surface area (TPSA) is 30.7 Å². The summed E-state index contributed by atoms with van der Waals surface area (Å²) in [5.74, 6) is 1.90. The molecule has 0 saturated heterocycles. The Kier molecular flexibility index (Phi) is 5.97. The molecule has 0 fully saturated rings. The monoisotopic (exact) mass is 371 g/mol. The van der Waals surface area contributed by atoms with Crippen LogP contribution in [0, 0.1) is 6.92 Å². The van der Waals surface area contributed by atoms with E-state index < -0.39 is 0 Å². The Morgan fingerprint density at radius 2 is 2.04 bits per heavy atom. The van der Waals surface area contributed by atoms with E-state index in [1.807, 2.05) is 11.3 Å². The fraction of sp³-hybridized carbons (Fsp3) is 0.400. The molecule has 0 aliphatic heterocycles. The van der Waals surface area contributed by atoms with E-state index in [0.717, 1.165) is 23.2 Å². The van der Waals surface area contributed by atoms with E-state index in [1.54, 1.807) is 11.8 Å². The van der Waals surface area contributed by atoms with Gasteiger partial charge in [0.25, 0.3) is 0 Å². The van der Waals surface area contributed by atoms with Gasteiger partial charge in [-0.25, -0.2) is 0 Å². The average Bonchev–Trinajstić information content (AvgIpc) is 3.19. The molecule has 0 radical (unpaired) electrons. The van der Waals surface area contributed by atoms with E-state index in [4.69, 9.17) is 0 Å². The molecule has 132 valence electrons. The highest BCUT2D eigenvalue weighted by Gasteiger charge is 2.18. The number of hydrogen-bond acceptors (Lipinski definition) is 4. The summed E-state index contributed by atoms with van der Waals surface area (Å²) in [4.78, 5) is 1.42. The number of benzene rings is 1. The Bertz CT molecular complexity index is 833. The first-order chi connectivity index (χ1) is 12.1. The number of thioether (sulfide) groups is 1. The number of rotatable bonds is 7. The van der Waals surface area contributed by atoms with Crippen LogP contribution in [-0.2, 0) is 12.2 Å². The van der Waals surface area contributed by atoms with Gasteiger partial charge < -0.3 is 0 Å². The molecule has 2 aromatic heterocycles. The van der Waals surface area contributed by atoms with Crippen LogP contribution in [0.4, 0.5) is 0 Å². The first kappa shape index (κ1) is 18.2. The standard InChI is InChI=1S/C20H25N3S2/c1-5-7-18-11-17(13-24-18)19-21-22-20(23(19)14(2)3)25-12-16-9-6-8-15(4)10-16/h6,8-11,13-14H,5,7,12H2,1-4H3. The quantitative estimate of drug-likeness (QED) is 0.467. The van der Waals surface area contributed by atoms with Crippen molar-refractivity contribution in [3.8, 4) is 11.4 Å². The van der Waals surface area contributed by atoms with Crippen molar-refractivity contribution in [2.45, 2.75) is 57.5 Å². The van der Waals surface area contributed by atoms with Gasteiger partial charge in [-0.2, -0.15) is 0 Å². The summed E-state index contributed by atoms with van der Waals surface area (Å²) in [6.07, 6.45) is 2.31. The molecule has 0 aliphatic rings. The van der Waals surface area contributed by atoms with Crippen molar-refractivity contribution in [3.05, 3.63) is 51.7 Å². The highest BCUT2D eigenvalue weighted by atomic mass is 32.2. The van der Waals surface area contributed by atoms with Crippen molar-refractivity contribution in [1.82, 2.24) is 14.8 Å². The van der Waals surface area contributed by atoms with Crippen LogP contribution >= 0.6 is 23.1 Å². The number of thiophene rings is 1. The van der Waals surface area contributed by atoms with E-state index in [2.05, 4.69) is 78.2 Å². The van der Waals surface area contributed by atoms with E-state index in [-0.39, 0.29) is 0 Å². The number of nitrogens with zero attached hydrogens (tertiary/aromatic N) is 3. The minimum Gasteiger partial charge on any atom is -0.299 e. The van der Waals surface area contributed by atoms with Crippen LogP contribution in [-0.4, -0.2) is 14.8 Å². The van der Waals surface area contributed by atoms with Crippen molar-refractivity contribution >= 4 is 23.1 Å². The second-order valence-electron chi connectivity index (χ2n) is 6.60. The van der Waals surface area contributed by atoms with Gasteiger partial charge in [0, 0.05) is 27.6 Å². The van der Waals surface area contributed by atoms with Crippen molar-refractivity contribution in [3.63, 3.8) is 0 Å². The summed E-state index contributed by atoms with van der Waals surface area (Å²) < 4.78 is 2.26. The summed E-state index contributed by atoms with van der Waals surface area (Å²) in [5, 5.41) is 12.2. The Labute approximate surface area is 158 Å². The molecule has 0 bridgehead atoms. The second kappa shape index (κ2) is 8.19. The van der Waals surface area contributed by atoms with Gasteiger partial charge >= 0.3 is 0 Å². The SMILES string of the molecule is CCCc1cc(-c2nnc(SCc3cccc(C)c3)n2C(C)C)cs1. The van der Waals surface area contributed by atoms with Crippen LogP contribution in [0.25, 0.3) is 11.4 Å². The molecule has 0 unspecified atom stereocenters. The maximum atomic E-state index is 4.51. The lowest BCUT2D eigenvalue weighted by Gasteiger charge is -2.13. The molecule has 3 aromatic rings. The fourth-order valence-electron chi connectivity index (χ4n) is 2.86. The van der Waals surface area contributed by atoms with Crippen molar-refractivity contribution in [2.75, 3.05) is 0 Å². The summed E-state index contributed by atoms with van der Waals surface area (Å²) in [6.45, 7) is 8.75. The molecule has 0 atom stereocenters. The van der Waals surface area contributed by atoms with Crippen LogP contribution < -0.4 is 0 Å². The molecule has 0 amide bonds. The van der Waals surface area contributed by atoms with Crippen LogP contribution in [0.3, 0.4) is 0 Å². The van der Waals surface area contributed by atoms with Crippen molar-refractivity contribution in [1.29, 1.82) is 0 Å². The molecule has 0 saturated carbocycles. The molecule has 2 heterocycles. The van der Waals surface area contributed by atoms with Crippen LogP contribution in [0.5, 0.6) is 0 Å². The van der Waals surface area contributed by atoms with E-state index in [1.165, 1.54) is 28.0 Å². The lowest BCUT2D eigenvalue weighted by atomic mass is 10.2. The molecule has 0 aliphatic carbocycles. The zero-order valence-corrected chi connectivity index (χ0v) is 17.0. The lowest BCUT2D eigenvalue weighted by molar-refractivity contribution is 0.555. The van der Waals surface area contributed by atoms with Crippen LogP contribution in [0.1, 0.15) is 49.2 Å². The fourth-order valence-corrected chi connectivity index (χ4v) is 4.84. The van der Waals surface area contributed by atoms with Crippen molar-refractivity contribution in [2.24, 2.45) is 0 Å². The first-order valence-electron chi connectivity index (χ1n) is 8.79. The summed E-state index contributed by atoms with van der Waals surface area (Å²) >= 11 is 3.59. The average molecular weight is 372 g/mol. The van der Waals surface area contributed by atoms with Gasteiger partial charge in [0.2, 0.25) is 0 Å². The van der Waals surface area contributed by atoms with Gasteiger partial charge in [-0.3, -0.25) is 4.57 Å². The predicted octanol–water partition coefficient (Wildman–Crippen LogP) is 6.14. The number of aryl methyl sites for hydroxylation is 2. The van der Waals surface area contributed by atoms with E-state index >= 15 is 0 Å². The Morgan fingerprint density at radius 1 is 1.20 bits per heavy atom. The highest BCUT2D eigenvalue weighted by Crippen LogP contribution is 2.32. The maximum Gasteiger partial charge on any atom is 0.192 e. The summed E-state index contributed by atoms with van der Waals surface area (Å²) in [7, 11) is 0. The summed E-state index contributed by atoms with van der Waals surface area (Å²) in [6, 6.07) is 11.3. The minimum absolute atomic E-state index is 0.333. The number of aromatic nitrogens is 3. The van der Waals surface area contributed by atoms with Gasteiger partial charge in [0.1, 0.15) is 0 Å². The molecule has 0 N–H and O–H groups in total. The highest BCUT2D eigenvalue weighted by molar-refractivity contribution is 7.98. The summed E-state index contributed by atoms with van der Waals surface area (Å²) in [5.41, 5.74) is 3.81. The van der Waals surface area contributed by atoms with Crippen LogP contribution in [0.2, 0.25) is 0 Å². The second-order valence-corrected chi connectivity index (χ2v) is 8.54. The third-order valence-corrected chi connectivity index (χ3v) is 6.05. The molecule has 5 heteroatoms. The molecular weight excluding hydrogens is 346 g/mol. The third-order valence-electron chi connectivity index (χ3n) is 4.04. The lowest BCUT2D eigenvalue weighted by Crippen LogP contribution is -2.04. The van der Waals surface area contributed by atoms with E-state index in [0.29, 0.717) is 6.04 Å². The molecule has 0 spiro atoms. The first-order valence-corrected chi connectivity index (χ1v) is 10.7. The molecular formula is C20H25N3S2. The zero-order chi connectivity index (χ0) is 17.8. The largest absolute Gasteiger partial charge is 0.299 e. The Morgan fingerprint density at radius 3 is 2.76 bits per heavy atom. The normalized spacial score (nSPS) is 11.4. The Balaban J connectivity index is 1.84. The third kappa shape index (κ3) is 4.33. The maximum absolute atomic E-state index is 4.51. The molecule has 3 rings (SSSR count). The molecule has 3 nitrogen and oxygen atoms in total. The predicted molar refractivity (Wildman–Crippen MR) is 108 cm³/mol. The molecule has 25 heavy (non-hydrogen) atoms. The minimum atomic E-state index is 0.333. The Hall–Kier alpha value is -1.59. The van der Waals surface area contributed by atoms with Crippen LogP contribution in [0.15, 0.2) is 40.9 Å². The van der Waals surface area contributed by atoms with Gasteiger partial charge in [-0.05, 0) is 38.8 Å². The van der Waals surface area contributed by atoms with Crippen molar-refractivity contribution < 1.29 is 0 Å². The van der Waals surface area contributed by atoms with Gasteiger partial charge in [0.05, 0.1) is 0 Å². The zero-order valence-electron chi connectivity index (χ0n) is 15.3.